The summed E-state index contributed by atoms with van der Waals surface area (Å²) in [5.74, 6) is -1.30. The van der Waals surface area contributed by atoms with Crippen LogP contribution >= 0.6 is 0 Å². The van der Waals surface area contributed by atoms with Crippen molar-refractivity contribution in [2.45, 2.75) is 175 Å². The number of nitrogens with zero attached hydrogens (tertiary/aromatic N) is 3. The highest BCUT2D eigenvalue weighted by molar-refractivity contribution is 6.15. The molecule has 1 heterocycles. The van der Waals surface area contributed by atoms with E-state index < -0.39 is 35.8 Å². The molecule has 7 rings (SSSR count). The summed E-state index contributed by atoms with van der Waals surface area (Å²) in [6.07, 6.45) is 24.5. The SMILES string of the molecule is CCCCCCCCCCN1C(=O)c2cc(NC(=O)Nc3ccccc3)cc(c2)N(CCCCCCCCCC)C(=O)c2cc(NC(=O)Nc3ccccc3)cc(c2)N(CCCCCCCCCC)C(=O)c2cc(NC(=O)Nc3ccccc3)cc1c2. The molecule has 0 aliphatic carbocycles. The standard InChI is InChI=1S/C72H93N9O6/c1-4-7-10-13-16-19-22-34-43-79-64-49-56(47-61(52-64)76-70(85)73-58-37-28-25-29-38-58)68(83)81(45-36-24-21-18-15-12-9-6-3)66-51-57(48-63(54-66)78-72(87)75-60-41-32-27-33-42-60)69(84)80(44-35-23-20-17-14-11-8-5-2)65-50-55(67(79)82)46-62(53-65)77-71(86)74-59-39-30-26-31-40-59/h25-33,37-42,46-54H,4-24,34-36,43-45H2,1-3H3,(H2,73,76,85)(H2,74,77,86)(H2,75,78,87). The van der Waals surface area contributed by atoms with Crippen LogP contribution in [0.2, 0.25) is 0 Å². The number of nitrogens with one attached hydrogen (secondary N) is 6. The largest absolute Gasteiger partial charge is 0.323 e. The molecule has 0 saturated heterocycles. The Morgan fingerprint density at radius 3 is 0.736 bits per heavy atom. The number of fused-ring (bicyclic) bond motifs is 6. The van der Waals surface area contributed by atoms with E-state index in [9.17, 15) is 14.4 Å². The summed E-state index contributed by atoms with van der Waals surface area (Å²) in [6.45, 7) is 7.38. The highest BCUT2D eigenvalue weighted by Gasteiger charge is 2.29. The Bertz CT molecular complexity index is 2790. The van der Waals surface area contributed by atoms with Crippen LogP contribution in [0.25, 0.3) is 0 Å². The molecule has 0 atom stereocenters. The Balaban J connectivity index is 1.41. The highest BCUT2D eigenvalue weighted by atomic mass is 16.2. The molecule has 6 N–H and O–H groups in total. The molecule has 462 valence electrons. The zero-order valence-corrected chi connectivity index (χ0v) is 51.7. The number of carbonyl (C=O) groups is 6. The molecule has 0 aromatic heterocycles. The fraction of sp³-hybridized carbons (Fsp3) is 0.417. The van der Waals surface area contributed by atoms with Gasteiger partial charge in [-0.1, -0.05) is 210 Å². The van der Waals surface area contributed by atoms with E-state index in [1.54, 1.807) is 106 Å². The summed E-state index contributed by atoms with van der Waals surface area (Å²) in [6, 6.07) is 40.6. The Kier molecular flexibility index (Phi) is 27.7. The fourth-order valence-corrected chi connectivity index (χ4v) is 11.1. The molecule has 15 nitrogen and oxygen atoms in total. The number of unbranched alkanes of at least 4 members (excludes halogenated alkanes) is 21. The third-order valence-electron chi connectivity index (χ3n) is 15.7. The maximum Gasteiger partial charge on any atom is 0.323 e. The first-order chi connectivity index (χ1) is 42.5. The van der Waals surface area contributed by atoms with Gasteiger partial charge in [0.2, 0.25) is 0 Å². The van der Waals surface area contributed by atoms with E-state index in [0.717, 1.165) is 96.3 Å². The summed E-state index contributed by atoms with van der Waals surface area (Å²) in [7, 11) is 0. The monoisotopic (exact) mass is 1180 g/mol. The van der Waals surface area contributed by atoms with Gasteiger partial charge in [0.15, 0.2) is 0 Å². The molecule has 9 amide bonds. The van der Waals surface area contributed by atoms with E-state index in [1.807, 2.05) is 54.6 Å². The van der Waals surface area contributed by atoms with Gasteiger partial charge in [0.1, 0.15) is 0 Å². The van der Waals surface area contributed by atoms with E-state index >= 15 is 14.4 Å². The van der Waals surface area contributed by atoms with Gasteiger partial charge in [0, 0.05) is 87.5 Å². The lowest BCUT2D eigenvalue weighted by Gasteiger charge is -2.27. The number of benzene rings is 6. The molecule has 1 aliphatic rings. The maximum absolute atomic E-state index is 15.9. The zero-order valence-electron chi connectivity index (χ0n) is 51.7. The Labute approximate surface area is 516 Å². The second-order valence-electron chi connectivity index (χ2n) is 22.9. The van der Waals surface area contributed by atoms with Crippen molar-refractivity contribution in [2.75, 3.05) is 66.2 Å². The van der Waals surface area contributed by atoms with Crippen molar-refractivity contribution >= 4 is 87.0 Å². The topological polar surface area (TPSA) is 184 Å². The van der Waals surface area contributed by atoms with Crippen molar-refractivity contribution in [3.05, 3.63) is 162 Å². The van der Waals surface area contributed by atoms with Crippen molar-refractivity contribution in [1.82, 2.24) is 0 Å². The predicted octanol–water partition coefficient (Wildman–Crippen LogP) is 19.3. The first kappa shape index (κ1) is 66.1. The molecule has 0 fully saturated rings. The van der Waals surface area contributed by atoms with Crippen molar-refractivity contribution in [3.63, 3.8) is 0 Å². The minimum Gasteiger partial charge on any atom is -0.308 e. The molecule has 0 saturated carbocycles. The molecule has 6 bridgehead atoms. The average Bonchev–Trinajstić information content (AvgIpc) is 3.89. The van der Waals surface area contributed by atoms with Gasteiger partial charge in [-0.15, -0.1) is 0 Å². The first-order valence-corrected chi connectivity index (χ1v) is 32.3. The first-order valence-electron chi connectivity index (χ1n) is 32.3. The molecule has 0 unspecified atom stereocenters. The molecule has 6 aromatic carbocycles. The van der Waals surface area contributed by atoms with Crippen molar-refractivity contribution in [2.24, 2.45) is 0 Å². The number of amides is 9. The molecule has 6 aromatic rings. The lowest BCUT2D eigenvalue weighted by Crippen LogP contribution is -2.34. The molecule has 15 heteroatoms. The number of hydrogen-bond donors (Lipinski definition) is 6. The van der Waals surface area contributed by atoms with Gasteiger partial charge >= 0.3 is 18.1 Å². The van der Waals surface area contributed by atoms with E-state index in [0.29, 0.717) is 53.4 Å². The van der Waals surface area contributed by atoms with Crippen LogP contribution in [0, 0.1) is 0 Å². The summed E-state index contributed by atoms with van der Waals surface area (Å²) in [5, 5.41) is 17.6. The zero-order chi connectivity index (χ0) is 61.4. The van der Waals surface area contributed by atoms with Gasteiger partial charge in [-0.3, -0.25) is 14.4 Å². The number of anilines is 9. The summed E-state index contributed by atoms with van der Waals surface area (Å²) in [5.41, 5.74) is 4.14. The van der Waals surface area contributed by atoms with Crippen LogP contribution < -0.4 is 46.6 Å². The van der Waals surface area contributed by atoms with Gasteiger partial charge in [0.25, 0.3) is 17.7 Å². The van der Waals surface area contributed by atoms with Crippen LogP contribution in [-0.4, -0.2) is 55.4 Å². The minimum atomic E-state index is -0.552. The van der Waals surface area contributed by atoms with Crippen molar-refractivity contribution in [1.29, 1.82) is 0 Å². The molecule has 1 aliphatic heterocycles. The van der Waals surface area contributed by atoms with Crippen LogP contribution in [0.1, 0.15) is 206 Å². The summed E-state index contributed by atoms with van der Waals surface area (Å²) >= 11 is 0. The molecule has 0 spiro atoms. The van der Waals surface area contributed by atoms with Crippen LogP contribution in [0.5, 0.6) is 0 Å². The lowest BCUT2D eigenvalue weighted by molar-refractivity contribution is 0.0975. The number of para-hydroxylation sites is 3. The van der Waals surface area contributed by atoms with Crippen LogP contribution in [-0.2, 0) is 0 Å². The average molecular weight is 1180 g/mol. The summed E-state index contributed by atoms with van der Waals surface area (Å²) in [4.78, 5) is 94.5. The van der Waals surface area contributed by atoms with Crippen molar-refractivity contribution in [3.8, 4) is 0 Å². The molecule has 0 radical (unpaired) electrons. The smallest absolute Gasteiger partial charge is 0.308 e. The Hall–Kier alpha value is -8.46. The molecular formula is C72H93N9O6. The summed E-state index contributed by atoms with van der Waals surface area (Å²) < 4.78 is 0. The number of urea groups is 3. The third kappa shape index (κ3) is 22.1. The maximum atomic E-state index is 15.9. The molecular weight excluding hydrogens is 1090 g/mol. The normalized spacial score (nSPS) is 12.3. The van der Waals surface area contributed by atoms with Crippen LogP contribution in [0.4, 0.5) is 65.6 Å². The van der Waals surface area contributed by atoms with Gasteiger partial charge in [-0.25, -0.2) is 14.4 Å². The second kappa shape index (κ2) is 36.5. The van der Waals surface area contributed by atoms with E-state index in [4.69, 9.17) is 0 Å². The van der Waals surface area contributed by atoms with E-state index in [1.165, 1.54) is 38.5 Å². The van der Waals surface area contributed by atoms with Crippen LogP contribution in [0.15, 0.2) is 146 Å². The lowest BCUT2D eigenvalue weighted by atomic mass is 10.1. The van der Waals surface area contributed by atoms with Gasteiger partial charge in [-0.05, 0) is 110 Å². The number of rotatable bonds is 33. The number of carbonyl (C=O) groups excluding carboxylic acids is 6. The minimum absolute atomic E-state index is 0.184. The highest BCUT2D eigenvalue weighted by Crippen LogP contribution is 2.34. The van der Waals surface area contributed by atoms with Crippen molar-refractivity contribution < 1.29 is 28.8 Å². The Morgan fingerprint density at radius 1 is 0.276 bits per heavy atom. The second-order valence-corrected chi connectivity index (χ2v) is 22.9. The van der Waals surface area contributed by atoms with Crippen LogP contribution in [0.3, 0.4) is 0 Å². The predicted molar refractivity (Wildman–Crippen MR) is 359 cm³/mol. The number of hydrogen-bond acceptors (Lipinski definition) is 6. The van der Waals surface area contributed by atoms with Gasteiger partial charge in [0.05, 0.1) is 0 Å². The third-order valence-corrected chi connectivity index (χ3v) is 15.7. The fourth-order valence-electron chi connectivity index (χ4n) is 11.1. The van der Waals surface area contributed by atoms with E-state index in [-0.39, 0.29) is 53.4 Å². The quantitative estimate of drug-likeness (QED) is 0.0223. The Morgan fingerprint density at radius 2 is 0.494 bits per heavy atom. The molecule has 87 heavy (non-hydrogen) atoms. The van der Waals surface area contributed by atoms with Gasteiger partial charge in [-0.2, -0.15) is 0 Å². The van der Waals surface area contributed by atoms with E-state index in [2.05, 4.69) is 52.7 Å². The van der Waals surface area contributed by atoms with Gasteiger partial charge < -0.3 is 46.6 Å².